The predicted octanol–water partition coefficient (Wildman–Crippen LogP) is 2.63. The molecule has 0 saturated carbocycles. The maximum Gasteiger partial charge on any atom is 0.285 e. The van der Waals surface area contributed by atoms with Crippen molar-refractivity contribution in [3.05, 3.63) is 70.9 Å². The van der Waals surface area contributed by atoms with Crippen LogP contribution in [0.3, 0.4) is 0 Å². The first kappa shape index (κ1) is 15.4. The molecule has 1 saturated heterocycles. The van der Waals surface area contributed by atoms with Crippen LogP contribution >= 0.6 is 24.0 Å². The number of hydrogen-bond donors (Lipinski definition) is 1. The summed E-state index contributed by atoms with van der Waals surface area (Å²) in [6.07, 6.45) is 4.74. The van der Waals surface area contributed by atoms with Crippen LogP contribution in [0, 0.1) is 0 Å². The number of carbonyl (C=O) groups excluding carboxylic acids is 2. The van der Waals surface area contributed by atoms with E-state index in [0.717, 1.165) is 22.3 Å². The standard InChI is InChI=1S/C16H11N3O2S2/c20-14(12-7-4-8-17-10-12)18-19-15(21)13(23-16(19)22)9-11-5-2-1-3-6-11/h1-10H,(H,18,20). The largest absolute Gasteiger partial charge is 0.285 e. The first-order valence-corrected chi connectivity index (χ1v) is 7.91. The molecule has 114 valence electrons. The Morgan fingerprint density at radius 1 is 1.22 bits per heavy atom. The number of hydrogen-bond acceptors (Lipinski definition) is 5. The molecule has 1 aliphatic rings. The van der Waals surface area contributed by atoms with Gasteiger partial charge in [0.25, 0.3) is 11.8 Å². The van der Waals surface area contributed by atoms with E-state index in [0.29, 0.717) is 10.5 Å². The van der Waals surface area contributed by atoms with E-state index in [1.807, 2.05) is 30.3 Å². The highest BCUT2D eigenvalue weighted by Crippen LogP contribution is 2.31. The quantitative estimate of drug-likeness (QED) is 0.687. The zero-order valence-electron chi connectivity index (χ0n) is 11.8. The van der Waals surface area contributed by atoms with Crippen molar-refractivity contribution in [2.45, 2.75) is 0 Å². The Labute approximate surface area is 142 Å². The molecule has 0 aliphatic carbocycles. The van der Waals surface area contributed by atoms with Crippen molar-refractivity contribution in [3.8, 4) is 0 Å². The number of carbonyl (C=O) groups is 2. The molecule has 1 aromatic carbocycles. The Bertz CT molecular complexity index is 791. The van der Waals surface area contributed by atoms with Crippen molar-refractivity contribution in [3.63, 3.8) is 0 Å². The summed E-state index contributed by atoms with van der Waals surface area (Å²) in [6.45, 7) is 0. The molecule has 23 heavy (non-hydrogen) atoms. The lowest BCUT2D eigenvalue weighted by atomic mass is 10.2. The van der Waals surface area contributed by atoms with Crippen LogP contribution in [0.15, 0.2) is 59.8 Å². The van der Waals surface area contributed by atoms with Gasteiger partial charge < -0.3 is 0 Å². The summed E-state index contributed by atoms with van der Waals surface area (Å²) in [5.41, 5.74) is 3.76. The van der Waals surface area contributed by atoms with E-state index in [-0.39, 0.29) is 10.2 Å². The minimum Gasteiger partial charge on any atom is -0.267 e. The predicted molar refractivity (Wildman–Crippen MR) is 93.2 cm³/mol. The molecular formula is C16H11N3O2S2. The highest BCUT2D eigenvalue weighted by molar-refractivity contribution is 8.26. The minimum atomic E-state index is -0.435. The van der Waals surface area contributed by atoms with Crippen molar-refractivity contribution in [1.29, 1.82) is 0 Å². The fourth-order valence-corrected chi connectivity index (χ4v) is 3.11. The molecule has 0 atom stereocenters. The van der Waals surface area contributed by atoms with E-state index in [1.54, 1.807) is 24.4 Å². The van der Waals surface area contributed by atoms with Crippen LogP contribution in [0.25, 0.3) is 6.08 Å². The number of benzene rings is 1. The monoisotopic (exact) mass is 341 g/mol. The molecule has 2 heterocycles. The van der Waals surface area contributed by atoms with Gasteiger partial charge in [-0.2, -0.15) is 5.01 Å². The molecule has 1 aromatic heterocycles. The Balaban J connectivity index is 1.77. The molecule has 1 N–H and O–H groups in total. The van der Waals surface area contributed by atoms with Gasteiger partial charge in [0.15, 0.2) is 4.32 Å². The van der Waals surface area contributed by atoms with Gasteiger partial charge in [-0.1, -0.05) is 42.1 Å². The number of thiocarbonyl (C=S) groups is 1. The minimum absolute atomic E-state index is 0.287. The summed E-state index contributed by atoms with van der Waals surface area (Å²) < 4.78 is 0.287. The maximum atomic E-state index is 12.4. The van der Waals surface area contributed by atoms with Crippen LogP contribution in [0.2, 0.25) is 0 Å². The first-order chi connectivity index (χ1) is 11.1. The summed E-state index contributed by atoms with van der Waals surface area (Å²) in [7, 11) is 0. The third-order valence-electron chi connectivity index (χ3n) is 3.03. The van der Waals surface area contributed by atoms with Crippen LogP contribution in [0.4, 0.5) is 0 Å². The molecule has 3 rings (SSSR count). The number of nitrogens with one attached hydrogen (secondary N) is 1. The molecule has 1 aliphatic heterocycles. The van der Waals surface area contributed by atoms with Gasteiger partial charge in [0.2, 0.25) is 0 Å². The number of nitrogens with zero attached hydrogens (tertiary/aromatic N) is 2. The van der Waals surface area contributed by atoms with E-state index in [1.165, 1.54) is 6.20 Å². The third kappa shape index (κ3) is 3.46. The maximum absolute atomic E-state index is 12.4. The van der Waals surface area contributed by atoms with E-state index >= 15 is 0 Å². The van der Waals surface area contributed by atoms with Gasteiger partial charge in [-0.25, -0.2) is 0 Å². The number of aromatic nitrogens is 1. The average Bonchev–Trinajstić information content (AvgIpc) is 2.84. The van der Waals surface area contributed by atoms with Gasteiger partial charge >= 0.3 is 0 Å². The smallest absolute Gasteiger partial charge is 0.267 e. The molecule has 0 unspecified atom stereocenters. The van der Waals surface area contributed by atoms with Crippen LogP contribution in [-0.4, -0.2) is 26.1 Å². The molecule has 7 heteroatoms. The van der Waals surface area contributed by atoms with E-state index in [9.17, 15) is 9.59 Å². The Morgan fingerprint density at radius 3 is 2.70 bits per heavy atom. The zero-order chi connectivity index (χ0) is 16.2. The normalized spacial score (nSPS) is 16.0. The third-order valence-corrected chi connectivity index (χ3v) is 4.33. The van der Waals surface area contributed by atoms with E-state index in [2.05, 4.69) is 10.4 Å². The second-order valence-electron chi connectivity index (χ2n) is 4.61. The Kier molecular flexibility index (Phi) is 4.50. The molecule has 0 spiro atoms. The average molecular weight is 341 g/mol. The number of thioether (sulfide) groups is 1. The van der Waals surface area contributed by atoms with Crippen LogP contribution in [-0.2, 0) is 4.79 Å². The summed E-state index contributed by atoms with van der Waals surface area (Å²) in [4.78, 5) is 28.9. The number of amides is 2. The van der Waals surface area contributed by atoms with Crippen molar-refractivity contribution >= 4 is 46.2 Å². The van der Waals surface area contributed by atoms with Gasteiger partial charge in [-0.05, 0) is 36.0 Å². The van der Waals surface area contributed by atoms with Crippen molar-refractivity contribution in [2.75, 3.05) is 0 Å². The van der Waals surface area contributed by atoms with Gasteiger partial charge in [0, 0.05) is 12.4 Å². The van der Waals surface area contributed by atoms with Crippen molar-refractivity contribution in [2.24, 2.45) is 0 Å². The highest BCUT2D eigenvalue weighted by atomic mass is 32.2. The highest BCUT2D eigenvalue weighted by Gasteiger charge is 2.33. The van der Waals surface area contributed by atoms with E-state index in [4.69, 9.17) is 12.2 Å². The van der Waals surface area contributed by atoms with Crippen LogP contribution in [0.1, 0.15) is 15.9 Å². The molecular weight excluding hydrogens is 330 g/mol. The summed E-state index contributed by atoms with van der Waals surface area (Å²) >= 11 is 6.33. The van der Waals surface area contributed by atoms with Gasteiger partial charge in [0.1, 0.15) is 0 Å². The molecule has 0 bridgehead atoms. The lowest BCUT2D eigenvalue weighted by molar-refractivity contribution is -0.123. The van der Waals surface area contributed by atoms with Crippen LogP contribution < -0.4 is 5.43 Å². The second kappa shape index (κ2) is 6.72. The lowest BCUT2D eigenvalue weighted by Gasteiger charge is -2.15. The molecule has 2 amide bonds. The Morgan fingerprint density at radius 2 is 2.00 bits per heavy atom. The van der Waals surface area contributed by atoms with Crippen LogP contribution in [0.5, 0.6) is 0 Å². The van der Waals surface area contributed by atoms with Gasteiger partial charge in [0.05, 0.1) is 10.5 Å². The molecule has 5 nitrogen and oxygen atoms in total. The lowest BCUT2D eigenvalue weighted by Crippen LogP contribution is -2.44. The molecule has 1 fully saturated rings. The number of rotatable bonds is 3. The van der Waals surface area contributed by atoms with Crippen molar-refractivity contribution < 1.29 is 9.59 Å². The SMILES string of the molecule is O=C(NN1C(=O)C(=Cc2ccccc2)SC1=S)c1cccnc1. The molecule has 0 radical (unpaired) electrons. The summed E-state index contributed by atoms with van der Waals surface area (Å²) in [6, 6.07) is 12.7. The van der Waals surface area contributed by atoms with E-state index < -0.39 is 5.91 Å². The summed E-state index contributed by atoms with van der Waals surface area (Å²) in [5, 5.41) is 1.09. The van der Waals surface area contributed by atoms with Gasteiger partial charge in [-0.3, -0.25) is 20.0 Å². The molecule has 2 aromatic rings. The topological polar surface area (TPSA) is 62.3 Å². The fourth-order valence-electron chi connectivity index (χ4n) is 1.93. The van der Waals surface area contributed by atoms with Crippen molar-refractivity contribution in [1.82, 2.24) is 15.4 Å². The summed E-state index contributed by atoms with van der Waals surface area (Å²) in [5.74, 6) is -0.781. The van der Waals surface area contributed by atoms with Gasteiger partial charge in [-0.15, -0.1) is 0 Å². The zero-order valence-corrected chi connectivity index (χ0v) is 13.4. The number of pyridine rings is 1. The number of hydrazine groups is 1. The first-order valence-electron chi connectivity index (χ1n) is 6.69. The fraction of sp³-hybridized carbons (Fsp3) is 0. The Hall–Kier alpha value is -2.51. The second-order valence-corrected chi connectivity index (χ2v) is 6.29.